The summed E-state index contributed by atoms with van der Waals surface area (Å²) in [6, 6.07) is 10.9. The van der Waals surface area contributed by atoms with Gasteiger partial charge in [-0.25, -0.2) is 0 Å². The van der Waals surface area contributed by atoms with Gasteiger partial charge in [0.15, 0.2) is 0 Å². The summed E-state index contributed by atoms with van der Waals surface area (Å²) in [4.78, 5) is 11.5. The molecule has 0 bridgehead atoms. The van der Waals surface area contributed by atoms with Crippen LogP contribution in [0.4, 0.5) is 0 Å². The van der Waals surface area contributed by atoms with Crippen LogP contribution in [0.15, 0.2) is 42.5 Å². The number of carbonyl (C=O) groups is 1. The molecule has 1 aliphatic rings. The molecule has 2 rings (SSSR count). The lowest BCUT2D eigenvalue weighted by molar-refractivity contribution is -0.138. The molecule has 2 heteroatoms. The Morgan fingerprint density at radius 3 is 2.20 bits per heavy atom. The summed E-state index contributed by atoms with van der Waals surface area (Å²) < 4.78 is 0. The Labute approximate surface area is 185 Å². The minimum atomic E-state index is -0.632. The third kappa shape index (κ3) is 9.06. The van der Waals surface area contributed by atoms with Crippen molar-refractivity contribution in [3.63, 3.8) is 0 Å². The second-order valence-electron chi connectivity index (χ2n) is 9.48. The zero-order valence-corrected chi connectivity index (χ0v) is 19.3. The summed E-state index contributed by atoms with van der Waals surface area (Å²) >= 11 is 0. The quantitative estimate of drug-likeness (QED) is 0.218. The van der Waals surface area contributed by atoms with E-state index in [2.05, 4.69) is 49.4 Å². The van der Waals surface area contributed by atoms with Gasteiger partial charge in [0, 0.05) is 6.42 Å². The molecule has 1 aromatic carbocycles. The van der Waals surface area contributed by atoms with E-state index in [-0.39, 0.29) is 5.41 Å². The van der Waals surface area contributed by atoms with Crippen LogP contribution in [0.25, 0.3) is 0 Å². The monoisotopic (exact) mass is 412 g/mol. The maximum atomic E-state index is 11.5. The second kappa shape index (κ2) is 14.4. The minimum absolute atomic E-state index is 0.210. The molecule has 0 radical (unpaired) electrons. The van der Waals surface area contributed by atoms with Crippen LogP contribution in [-0.4, -0.2) is 11.1 Å². The fourth-order valence-electron chi connectivity index (χ4n) is 5.33. The Morgan fingerprint density at radius 2 is 1.60 bits per heavy atom. The maximum Gasteiger partial charge on any atom is 0.303 e. The van der Waals surface area contributed by atoms with Crippen LogP contribution in [0.1, 0.15) is 115 Å². The van der Waals surface area contributed by atoms with Crippen LogP contribution < -0.4 is 0 Å². The molecule has 1 aromatic rings. The highest BCUT2D eigenvalue weighted by Gasteiger charge is 2.37. The molecule has 0 aliphatic heterocycles. The Bertz CT molecular complexity index is 598. The minimum Gasteiger partial charge on any atom is -0.481 e. The van der Waals surface area contributed by atoms with Crippen LogP contribution in [0, 0.1) is 5.92 Å². The number of benzene rings is 1. The Hall–Kier alpha value is -1.57. The highest BCUT2D eigenvalue weighted by Crippen LogP contribution is 2.46. The Morgan fingerprint density at radius 1 is 0.967 bits per heavy atom. The number of aliphatic carboxylic acids is 1. The molecule has 0 aromatic heterocycles. The summed E-state index contributed by atoms with van der Waals surface area (Å²) in [5.74, 6) is -0.331. The molecule has 0 saturated heterocycles. The molecule has 0 amide bonds. The number of unbranched alkanes of at least 4 members (excludes halogenated alkanes) is 7. The molecule has 1 fully saturated rings. The molecule has 0 spiro atoms. The van der Waals surface area contributed by atoms with Crippen molar-refractivity contribution in [2.24, 2.45) is 5.92 Å². The fraction of sp³-hybridized carbons (Fsp3) is 0.679. The summed E-state index contributed by atoms with van der Waals surface area (Å²) in [6.07, 6.45) is 23.5. The number of hydrogen-bond acceptors (Lipinski definition) is 1. The third-order valence-corrected chi connectivity index (χ3v) is 6.96. The normalized spacial score (nSPS) is 16.8. The van der Waals surface area contributed by atoms with Gasteiger partial charge in [-0.1, -0.05) is 94.4 Å². The lowest BCUT2D eigenvalue weighted by atomic mass is 9.71. The Kier molecular flexibility index (Phi) is 11.9. The highest BCUT2D eigenvalue weighted by molar-refractivity contribution is 5.67. The van der Waals surface area contributed by atoms with E-state index in [1.807, 2.05) is 0 Å². The van der Waals surface area contributed by atoms with Crippen molar-refractivity contribution in [1.29, 1.82) is 0 Å². The van der Waals surface area contributed by atoms with Gasteiger partial charge in [-0.05, 0) is 68.3 Å². The van der Waals surface area contributed by atoms with Gasteiger partial charge >= 0.3 is 5.97 Å². The lowest BCUT2D eigenvalue weighted by Crippen LogP contribution is -2.27. The van der Waals surface area contributed by atoms with E-state index >= 15 is 0 Å². The molecular weight excluding hydrogens is 368 g/mol. The van der Waals surface area contributed by atoms with E-state index in [9.17, 15) is 9.90 Å². The van der Waals surface area contributed by atoms with Crippen molar-refractivity contribution in [2.75, 3.05) is 0 Å². The standard InChI is InChI=1S/C28H44O2/c1-2-3-4-5-6-7-8-9-10-11-13-18-25(23-27(29)30)24-28(21-16-17-22-28)26-19-14-12-15-20-26/h7-8,12,14-15,19-20,25H,2-6,9-11,13,16-18,21-24H2,1H3,(H,29,30). The summed E-state index contributed by atoms with van der Waals surface area (Å²) in [5, 5.41) is 9.48. The average molecular weight is 413 g/mol. The van der Waals surface area contributed by atoms with Crippen molar-refractivity contribution in [3.05, 3.63) is 48.0 Å². The smallest absolute Gasteiger partial charge is 0.303 e. The molecule has 0 heterocycles. The van der Waals surface area contributed by atoms with E-state index < -0.39 is 5.97 Å². The van der Waals surface area contributed by atoms with Crippen LogP contribution in [0.3, 0.4) is 0 Å². The SMILES string of the molecule is CCCCCCC=CCCCCCC(CC(=O)O)CC1(c2ccccc2)CCCC1. The number of hydrogen-bond donors (Lipinski definition) is 1. The van der Waals surface area contributed by atoms with Crippen molar-refractivity contribution in [1.82, 2.24) is 0 Å². The predicted octanol–water partition coefficient (Wildman–Crippen LogP) is 8.46. The molecule has 168 valence electrons. The van der Waals surface area contributed by atoms with Gasteiger partial charge in [0.05, 0.1) is 0 Å². The molecule has 1 N–H and O–H groups in total. The zero-order valence-electron chi connectivity index (χ0n) is 19.3. The van der Waals surface area contributed by atoms with Gasteiger partial charge < -0.3 is 5.11 Å². The topological polar surface area (TPSA) is 37.3 Å². The van der Waals surface area contributed by atoms with Crippen LogP contribution >= 0.6 is 0 Å². The number of allylic oxidation sites excluding steroid dienone is 2. The molecule has 1 unspecified atom stereocenters. The lowest BCUT2D eigenvalue weighted by Gasteiger charge is -2.33. The first kappa shape index (κ1) is 24.7. The third-order valence-electron chi connectivity index (χ3n) is 6.96. The van der Waals surface area contributed by atoms with Crippen LogP contribution in [0.5, 0.6) is 0 Å². The van der Waals surface area contributed by atoms with Gasteiger partial charge in [-0.2, -0.15) is 0 Å². The number of carboxylic acid groups (broad SMARTS) is 1. The molecule has 1 saturated carbocycles. The van der Waals surface area contributed by atoms with Gasteiger partial charge in [-0.3, -0.25) is 4.79 Å². The number of rotatable bonds is 16. The summed E-state index contributed by atoms with van der Waals surface area (Å²) in [6.45, 7) is 2.26. The van der Waals surface area contributed by atoms with Gasteiger partial charge in [0.25, 0.3) is 0 Å². The first-order valence-electron chi connectivity index (χ1n) is 12.6. The first-order chi connectivity index (χ1) is 14.7. The molecule has 1 atom stereocenters. The average Bonchev–Trinajstić information content (AvgIpc) is 3.22. The summed E-state index contributed by atoms with van der Waals surface area (Å²) in [5.41, 5.74) is 1.64. The van der Waals surface area contributed by atoms with Crippen LogP contribution in [0.2, 0.25) is 0 Å². The van der Waals surface area contributed by atoms with E-state index in [0.29, 0.717) is 12.3 Å². The van der Waals surface area contributed by atoms with Gasteiger partial charge in [-0.15, -0.1) is 0 Å². The van der Waals surface area contributed by atoms with E-state index in [4.69, 9.17) is 0 Å². The van der Waals surface area contributed by atoms with Crippen LogP contribution in [-0.2, 0) is 10.2 Å². The van der Waals surface area contributed by atoms with Crippen molar-refractivity contribution in [2.45, 2.75) is 115 Å². The van der Waals surface area contributed by atoms with Gasteiger partial charge in [0.2, 0.25) is 0 Å². The molecule has 30 heavy (non-hydrogen) atoms. The molecular formula is C28H44O2. The van der Waals surface area contributed by atoms with E-state index in [0.717, 1.165) is 19.3 Å². The molecule has 1 aliphatic carbocycles. The van der Waals surface area contributed by atoms with Crippen molar-refractivity contribution < 1.29 is 9.90 Å². The van der Waals surface area contributed by atoms with Crippen molar-refractivity contribution in [3.8, 4) is 0 Å². The zero-order chi connectivity index (χ0) is 21.5. The fourth-order valence-corrected chi connectivity index (χ4v) is 5.33. The van der Waals surface area contributed by atoms with E-state index in [1.165, 1.54) is 82.6 Å². The Balaban J connectivity index is 1.75. The first-order valence-corrected chi connectivity index (χ1v) is 12.6. The van der Waals surface area contributed by atoms with Gasteiger partial charge in [0.1, 0.15) is 0 Å². The maximum absolute atomic E-state index is 11.5. The summed E-state index contributed by atoms with van der Waals surface area (Å²) in [7, 11) is 0. The number of carboxylic acids is 1. The predicted molar refractivity (Wildman–Crippen MR) is 128 cm³/mol. The second-order valence-corrected chi connectivity index (χ2v) is 9.48. The van der Waals surface area contributed by atoms with Crippen molar-refractivity contribution >= 4 is 5.97 Å². The van der Waals surface area contributed by atoms with E-state index in [1.54, 1.807) is 0 Å². The highest BCUT2D eigenvalue weighted by atomic mass is 16.4. The largest absolute Gasteiger partial charge is 0.481 e. The molecule has 2 nitrogen and oxygen atoms in total.